The van der Waals surface area contributed by atoms with Crippen LogP contribution < -0.4 is 5.32 Å². The first kappa shape index (κ1) is 13.5. The average molecular weight is 260 g/mol. The monoisotopic (exact) mass is 260 g/mol. The Bertz CT molecular complexity index is 251. The van der Waals surface area contributed by atoms with Crippen molar-refractivity contribution < 1.29 is 8.95 Å². The summed E-state index contributed by atoms with van der Waals surface area (Å²) in [5, 5.41) is 3.57. The van der Waals surface area contributed by atoms with Crippen LogP contribution in [0.2, 0.25) is 0 Å². The van der Waals surface area contributed by atoms with E-state index in [9.17, 15) is 4.21 Å². The summed E-state index contributed by atoms with van der Waals surface area (Å²) in [4.78, 5) is 2.45. The minimum atomic E-state index is -0.568. The number of hydrogen-bond acceptors (Lipinski definition) is 4. The molecule has 2 aliphatic rings. The molecule has 0 aromatic heterocycles. The first-order chi connectivity index (χ1) is 8.29. The van der Waals surface area contributed by atoms with Gasteiger partial charge < -0.3 is 15.0 Å². The van der Waals surface area contributed by atoms with Gasteiger partial charge in [-0.05, 0) is 13.0 Å². The van der Waals surface area contributed by atoms with Crippen molar-refractivity contribution in [1.29, 1.82) is 0 Å². The van der Waals surface area contributed by atoms with Crippen LogP contribution >= 0.6 is 0 Å². The van der Waals surface area contributed by atoms with E-state index in [1.807, 2.05) is 0 Å². The molecule has 2 saturated heterocycles. The maximum Gasteiger partial charge on any atom is 0.0521 e. The molecule has 2 rings (SSSR count). The number of rotatable bonds is 4. The van der Waals surface area contributed by atoms with E-state index in [0.717, 1.165) is 57.3 Å². The van der Waals surface area contributed by atoms with E-state index in [-0.39, 0.29) is 0 Å². The largest absolute Gasteiger partial charge is 0.381 e. The van der Waals surface area contributed by atoms with Gasteiger partial charge in [0.1, 0.15) is 0 Å². The van der Waals surface area contributed by atoms with E-state index in [0.29, 0.717) is 12.0 Å². The summed E-state index contributed by atoms with van der Waals surface area (Å²) in [7, 11) is -0.568. The van der Waals surface area contributed by atoms with Gasteiger partial charge in [0.25, 0.3) is 0 Å². The Kier molecular flexibility index (Phi) is 5.41. The summed E-state index contributed by atoms with van der Waals surface area (Å²) in [5.41, 5.74) is 0. The fraction of sp³-hybridized carbons (Fsp3) is 1.00. The molecule has 100 valence electrons. The Morgan fingerprint density at radius 1 is 1.41 bits per heavy atom. The Hall–Kier alpha value is 0.0300. The summed E-state index contributed by atoms with van der Waals surface area (Å²) in [6.07, 6.45) is 1.12. The van der Waals surface area contributed by atoms with Crippen LogP contribution in [0.1, 0.15) is 13.3 Å². The Labute approximate surface area is 107 Å². The first-order valence-electron chi connectivity index (χ1n) is 6.68. The zero-order valence-corrected chi connectivity index (χ0v) is 11.5. The molecule has 0 amide bonds. The molecule has 2 unspecified atom stereocenters. The second kappa shape index (κ2) is 6.83. The minimum absolute atomic E-state index is 0.568. The number of hydrogen-bond donors (Lipinski definition) is 1. The van der Waals surface area contributed by atoms with Crippen LogP contribution in [0.3, 0.4) is 0 Å². The van der Waals surface area contributed by atoms with Gasteiger partial charge in [-0.3, -0.25) is 4.21 Å². The number of ether oxygens (including phenoxy) is 1. The van der Waals surface area contributed by atoms with Crippen LogP contribution in [0.4, 0.5) is 0 Å². The number of nitrogens with zero attached hydrogens (tertiary/aromatic N) is 1. The molecule has 2 heterocycles. The van der Waals surface area contributed by atoms with E-state index < -0.39 is 10.8 Å². The van der Waals surface area contributed by atoms with Crippen LogP contribution in [0.15, 0.2) is 0 Å². The Morgan fingerprint density at radius 3 is 2.88 bits per heavy atom. The molecule has 4 nitrogen and oxygen atoms in total. The fourth-order valence-corrected chi connectivity index (χ4v) is 3.83. The lowest BCUT2D eigenvalue weighted by Crippen LogP contribution is -2.50. The third kappa shape index (κ3) is 4.02. The van der Waals surface area contributed by atoms with Gasteiger partial charge in [0.2, 0.25) is 0 Å². The Morgan fingerprint density at radius 2 is 2.18 bits per heavy atom. The van der Waals surface area contributed by atoms with Crippen LogP contribution in [0, 0.1) is 5.92 Å². The highest BCUT2D eigenvalue weighted by molar-refractivity contribution is 7.85. The predicted octanol–water partition coefficient (Wildman–Crippen LogP) is 0.0653. The summed E-state index contributed by atoms with van der Waals surface area (Å²) < 4.78 is 16.9. The Balaban J connectivity index is 1.81. The van der Waals surface area contributed by atoms with Gasteiger partial charge in [0, 0.05) is 60.5 Å². The van der Waals surface area contributed by atoms with Gasteiger partial charge in [0.05, 0.1) is 6.61 Å². The van der Waals surface area contributed by atoms with Crippen molar-refractivity contribution in [3.05, 3.63) is 0 Å². The standard InChI is InChI=1S/C12H24N2O2S/c1-2-13-12-3-6-16-10-11(12)9-14-4-7-17(15)8-5-14/h11-13H,2-10H2,1H3. The van der Waals surface area contributed by atoms with Gasteiger partial charge >= 0.3 is 0 Å². The van der Waals surface area contributed by atoms with Crippen molar-refractivity contribution in [3.63, 3.8) is 0 Å². The summed E-state index contributed by atoms with van der Waals surface area (Å²) in [6.45, 7) is 8.02. The topological polar surface area (TPSA) is 41.6 Å². The van der Waals surface area contributed by atoms with Crippen molar-refractivity contribution >= 4 is 10.8 Å². The zero-order valence-electron chi connectivity index (χ0n) is 10.7. The van der Waals surface area contributed by atoms with E-state index in [1.165, 1.54) is 0 Å². The third-order valence-electron chi connectivity index (χ3n) is 3.70. The molecule has 0 aromatic carbocycles. The van der Waals surface area contributed by atoms with Gasteiger partial charge in [0.15, 0.2) is 0 Å². The van der Waals surface area contributed by atoms with Crippen molar-refractivity contribution in [3.8, 4) is 0 Å². The zero-order chi connectivity index (χ0) is 12.1. The molecule has 2 fully saturated rings. The fourth-order valence-electron chi connectivity index (χ4n) is 2.70. The predicted molar refractivity (Wildman–Crippen MR) is 70.7 cm³/mol. The van der Waals surface area contributed by atoms with E-state index >= 15 is 0 Å². The maximum atomic E-state index is 11.3. The molecular weight excluding hydrogens is 236 g/mol. The maximum absolute atomic E-state index is 11.3. The summed E-state index contributed by atoms with van der Waals surface area (Å²) in [6, 6.07) is 0.598. The van der Waals surface area contributed by atoms with E-state index in [1.54, 1.807) is 0 Å². The molecule has 0 saturated carbocycles. The third-order valence-corrected chi connectivity index (χ3v) is 4.98. The highest BCUT2D eigenvalue weighted by Gasteiger charge is 2.27. The van der Waals surface area contributed by atoms with Crippen LogP contribution in [-0.2, 0) is 15.5 Å². The average Bonchev–Trinajstić information content (AvgIpc) is 2.35. The lowest BCUT2D eigenvalue weighted by molar-refractivity contribution is 0.0181. The molecule has 5 heteroatoms. The normalized spacial score (nSPS) is 32.8. The molecule has 0 radical (unpaired) electrons. The molecule has 0 bridgehead atoms. The smallest absolute Gasteiger partial charge is 0.0521 e. The van der Waals surface area contributed by atoms with Crippen LogP contribution in [0.5, 0.6) is 0 Å². The lowest BCUT2D eigenvalue weighted by Gasteiger charge is -2.37. The second-order valence-electron chi connectivity index (χ2n) is 4.94. The van der Waals surface area contributed by atoms with Crippen molar-refractivity contribution in [2.75, 3.05) is 50.9 Å². The van der Waals surface area contributed by atoms with Gasteiger partial charge in [-0.1, -0.05) is 6.92 Å². The summed E-state index contributed by atoms with van der Waals surface area (Å²) >= 11 is 0. The minimum Gasteiger partial charge on any atom is -0.381 e. The van der Waals surface area contributed by atoms with Crippen LogP contribution in [0.25, 0.3) is 0 Å². The molecule has 2 atom stereocenters. The highest BCUT2D eigenvalue weighted by atomic mass is 32.2. The highest BCUT2D eigenvalue weighted by Crippen LogP contribution is 2.17. The van der Waals surface area contributed by atoms with Gasteiger partial charge in [-0.25, -0.2) is 0 Å². The molecule has 2 aliphatic heterocycles. The molecule has 0 aliphatic carbocycles. The first-order valence-corrected chi connectivity index (χ1v) is 8.17. The van der Waals surface area contributed by atoms with Gasteiger partial charge in [-0.15, -0.1) is 0 Å². The quantitative estimate of drug-likeness (QED) is 0.776. The second-order valence-corrected chi connectivity index (χ2v) is 6.63. The van der Waals surface area contributed by atoms with Crippen LogP contribution in [-0.4, -0.2) is 66.0 Å². The molecule has 0 aromatic rings. The lowest BCUT2D eigenvalue weighted by atomic mass is 9.95. The van der Waals surface area contributed by atoms with Crippen molar-refractivity contribution in [1.82, 2.24) is 10.2 Å². The van der Waals surface area contributed by atoms with E-state index in [4.69, 9.17) is 4.74 Å². The molecular formula is C12H24N2O2S. The SMILES string of the molecule is CCNC1CCOCC1CN1CCS(=O)CC1. The van der Waals surface area contributed by atoms with Gasteiger partial charge in [-0.2, -0.15) is 0 Å². The van der Waals surface area contributed by atoms with Crippen molar-refractivity contribution in [2.24, 2.45) is 5.92 Å². The number of nitrogens with one attached hydrogen (secondary N) is 1. The molecule has 1 N–H and O–H groups in total. The van der Waals surface area contributed by atoms with E-state index in [2.05, 4.69) is 17.1 Å². The molecule has 17 heavy (non-hydrogen) atoms. The van der Waals surface area contributed by atoms with Crippen molar-refractivity contribution in [2.45, 2.75) is 19.4 Å². The summed E-state index contributed by atoms with van der Waals surface area (Å²) in [5.74, 6) is 2.29. The molecule has 0 spiro atoms.